The van der Waals surface area contributed by atoms with Gasteiger partial charge in [0.05, 0.1) is 38.5 Å². The highest BCUT2D eigenvalue weighted by Gasteiger charge is 2.42. The van der Waals surface area contributed by atoms with Crippen molar-refractivity contribution >= 4 is 85.5 Å². The van der Waals surface area contributed by atoms with Gasteiger partial charge in [0.25, 0.3) is 0 Å². The number of rotatable bonds is 13. The van der Waals surface area contributed by atoms with Crippen LogP contribution in [0.5, 0.6) is 5.75 Å². The zero-order valence-electron chi connectivity index (χ0n) is 37.8. The molecule has 18 nitrogen and oxygen atoms in total. The summed E-state index contributed by atoms with van der Waals surface area (Å²) in [7, 11) is -2.26. The fraction of sp³-hybridized carbons (Fsp3) is 0.404. The Morgan fingerprint density at radius 3 is 2.52 bits per heavy atom. The Bertz CT molecular complexity index is 3100. The summed E-state index contributed by atoms with van der Waals surface area (Å²) in [6, 6.07) is 17.7. The summed E-state index contributed by atoms with van der Waals surface area (Å²) < 4.78 is 53.8. The van der Waals surface area contributed by atoms with E-state index in [4.69, 9.17) is 21.4 Å². The topological polar surface area (TPSA) is 230 Å². The number of urea groups is 1. The van der Waals surface area contributed by atoms with E-state index in [1.807, 2.05) is 13.8 Å². The second kappa shape index (κ2) is 19.6. The van der Waals surface area contributed by atoms with Crippen molar-refractivity contribution in [3.63, 3.8) is 0 Å². The maximum atomic E-state index is 15.6. The van der Waals surface area contributed by atoms with Gasteiger partial charge in [0.2, 0.25) is 16.6 Å². The van der Waals surface area contributed by atoms with Gasteiger partial charge in [-0.05, 0) is 98.5 Å². The third kappa shape index (κ3) is 10.4. The number of thiophene rings is 1. The molecule has 0 saturated carbocycles. The first-order valence-corrected chi connectivity index (χ1v) is 25.0. The van der Waals surface area contributed by atoms with Crippen LogP contribution in [-0.2, 0) is 32.4 Å². The molecule has 3 aromatic carbocycles. The average molecular weight is 1010 g/mol. The third-order valence-electron chi connectivity index (χ3n) is 13.0. The Kier molecular flexibility index (Phi) is 14.0. The lowest BCUT2D eigenvalue weighted by atomic mass is 9.85. The van der Waals surface area contributed by atoms with Gasteiger partial charge in [-0.3, -0.25) is 14.1 Å². The number of aromatic nitrogens is 2. The van der Waals surface area contributed by atoms with Crippen LogP contribution in [0.1, 0.15) is 78.7 Å². The van der Waals surface area contributed by atoms with E-state index in [0.29, 0.717) is 68.0 Å². The molecule has 0 radical (unpaired) electrons. The number of alkyl halides is 1. The number of anilines is 1. The molecule has 3 fully saturated rings. The molecule has 4 atom stereocenters. The third-order valence-corrected chi connectivity index (χ3v) is 16.7. The number of piperidine rings is 3. The largest absolute Gasteiger partial charge is 0.479 e. The van der Waals surface area contributed by atoms with Crippen LogP contribution in [0.15, 0.2) is 76.5 Å². The number of nitroso groups, excluding NO2 is 1. The van der Waals surface area contributed by atoms with Crippen LogP contribution in [0, 0.1) is 10.8 Å². The zero-order valence-corrected chi connectivity index (χ0v) is 40.2. The Balaban J connectivity index is 0.891. The quantitative estimate of drug-likeness (QED) is 0.0768. The van der Waals surface area contributed by atoms with Gasteiger partial charge in [-0.15, -0.1) is 11.3 Å². The number of sulfonamides is 1. The highest BCUT2D eigenvalue weighted by Crippen LogP contribution is 2.46. The smallest absolute Gasteiger partial charge is 0.433 e. The number of nitrogens with one attached hydrogen (secondary N) is 1. The fourth-order valence-electron chi connectivity index (χ4n) is 9.60. The van der Waals surface area contributed by atoms with Crippen molar-refractivity contribution in [3.8, 4) is 16.2 Å². The number of aromatic carboxylic acids is 1. The minimum Gasteiger partial charge on any atom is -0.479 e. The van der Waals surface area contributed by atoms with E-state index in [1.165, 1.54) is 18.3 Å². The number of aliphatic carboxylic acids is 1. The molecule has 3 N–H and O–H groups in total. The molecule has 8 rings (SSSR count). The summed E-state index contributed by atoms with van der Waals surface area (Å²) in [5.74, 6) is -4.44. The van der Waals surface area contributed by atoms with Crippen molar-refractivity contribution in [3.05, 3.63) is 103 Å². The van der Waals surface area contributed by atoms with Crippen LogP contribution in [0.2, 0.25) is 5.02 Å². The maximum Gasteiger partial charge on any atom is 0.433 e. The highest BCUT2D eigenvalue weighted by atomic mass is 35.5. The summed E-state index contributed by atoms with van der Waals surface area (Å²) >= 11 is 7.34. The van der Waals surface area contributed by atoms with Crippen molar-refractivity contribution in [2.45, 2.75) is 75.4 Å². The van der Waals surface area contributed by atoms with Gasteiger partial charge in [-0.2, -0.15) is 4.31 Å². The molecule has 5 aromatic rings. The molecular weight excluding hydrogens is 957 g/mol. The number of ether oxygens (including phenoxy) is 1. The maximum absolute atomic E-state index is 15.6. The second-order valence-corrected chi connectivity index (χ2v) is 21.5. The van der Waals surface area contributed by atoms with E-state index in [-0.39, 0.29) is 72.0 Å². The normalized spacial score (nSPS) is 21.2. The predicted molar refractivity (Wildman–Crippen MR) is 257 cm³/mol. The van der Waals surface area contributed by atoms with Gasteiger partial charge >= 0.3 is 29.6 Å². The first-order chi connectivity index (χ1) is 32.7. The van der Waals surface area contributed by atoms with Crippen molar-refractivity contribution in [1.82, 2.24) is 18.3 Å². The summed E-state index contributed by atoms with van der Waals surface area (Å²) in [6.07, 6.45) is 1.93. The van der Waals surface area contributed by atoms with Crippen molar-refractivity contribution in [2.24, 2.45) is 18.0 Å². The number of hydrogen-bond acceptors (Lipinski definition) is 11. The lowest BCUT2D eigenvalue weighted by Crippen LogP contribution is -2.53. The molecular formula is C47H50ClFN7O11S2+. The van der Waals surface area contributed by atoms with Gasteiger partial charge < -0.3 is 25.2 Å². The van der Waals surface area contributed by atoms with E-state index >= 15 is 4.39 Å². The van der Waals surface area contributed by atoms with Gasteiger partial charge in [-0.1, -0.05) is 41.9 Å². The standard InChI is InChI=1S/C47H49ClFN7O11S2/c1-47(2)21-28(22-50-31-8-5-7-30(19-31)42-40(48)41(67-25-39(58)59)43(68-42)44(60)61)14-17-55(47)69(65,66)26-27-6-4-9-32(18-27)51-45(62)53-16-15-35(49)34(24-53)29-10-12-36-37(20-29)52(3)46(63)56(36)33-11-13-38(57)54(64)23-33/h4-10,12,18-20,22,28,33-35H,11,13-17,21,23-26H2,1-3H3,(H2-,51,58,59,60,61,62)/p+1. The van der Waals surface area contributed by atoms with E-state index in [1.54, 1.807) is 80.0 Å². The Morgan fingerprint density at radius 1 is 1.03 bits per heavy atom. The second-order valence-electron chi connectivity index (χ2n) is 18.2. The molecule has 2 aromatic heterocycles. The lowest BCUT2D eigenvalue weighted by Gasteiger charge is -2.43. The summed E-state index contributed by atoms with van der Waals surface area (Å²) in [4.78, 5) is 80.2. The van der Waals surface area contributed by atoms with Crippen LogP contribution in [0.3, 0.4) is 0 Å². The number of aryl methyl sites for hydroxylation is 1. The van der Waals surface area contributed by atoms with Crippen molar-refractivity contribution < 1.29 is 51.7 Å². The van der Waals surface area contributed by atoms with Crippen molar-refractivity contribution in [2.75, 3.05) is 38.1 Å². The predicted octanol–water partition coefficient (Wildman–Crippen LogP) is 7.61. The summed E-state index contributed by atoms with van der Waals surface area (Å²) in [5.41, 5.74) is 2.50. The Hall–Kier alpha value is -6.29. The average Bonchev–Trinajstić information content (AvgIpc) is 3.76. The molecule has 5 heterocycles. The Labute approximate surface area is 404 Å². The number of benzene rings is 3. The number of halogens is 2. The lowest BCUT2D eigenvalue weighted by molar-refractivity contribution is -0.482. The zero-order chi connectivity index (χ0) is 49.5. The molecule has 3 aliphatic rings. The monoisotopic (exact) mass is 1010 g/mol. The molecule has 4 unspecified atom stereocenters. The number of amides is 3. The van der Waals surface area contributed by atoms with Crippen LogP contribution < -0.4 is 15.7 Å². The van der Waals surface area contributed by atoms with Crippen LogP contribution in [-0.4, -0.2) is 116 Å². The number of carbonyl (C=O) groups is 4. The summed E-state index contributed by atoms with van der Waals surface area (Å²) in [6.45, 7) is 3.25. The number of aliphatic imine (C=N–C) groups is 1. The molecule has 3 aliphatic heterocycles. The Morgan fingerprint density at radius 2 is 1.80 bits per heavy atom. The summed E-state index contributed by atoms with van der Waals surface area (Å²) in [5, 5.41) is 21.6. The number of imidazole rings is 1. The molecule has 364 valence electrons. The SMILES string of the molecule is Cn1c(=O)n(C2CCC(=O)[N+](=O)C2)c2ccc(C3CN(C(=O)Nc4cccc(CS(=O)(=O)N5CCC(C=Nc6cccc(-c7sc(C(=O)O)c(OCC(=O)O)c7Cl)c6)CC5(C)C)c4)CCC3F)cc21. The van der Waals surface area contributed by atoms with Gasteiger partial charge in [0.15, 0.2) is 17.2 Å². The van der Waals surface area contributed by atoms with Gasteiger partial charge in [0.1, 0.15) is 17.2 Å². The molecule has 0 spiro atoms. The minimum absolute atomic E-state index is 0.0243. The molecule has 69 heavy (non-hydrogen) atoms. The van der Waals surface area contributed by atoms with Gasteiger partial charge in [0, 0.05) is 54.9 Å². The molecule has 3 saturated heterocycles. The molecule has 22 heteroatoms. The molecule has 3 amide bonds. The number of fused-ring (bicyclic) bond motifs is 1. The molecule has 0 aliphatic carbocycles. The first-order valence-electron chi connectivity index (χ1n) is 22.2. The number of hydrogen-bond donors (Lipinski definition) is 3. The number of likely N-dealkylation sites (tertiary alicyclic amines) is 1. The highest BCUT2D eigenvalue weighted by molar-refractivity contribution is 7.88. The van der Waals surface area contributed by atoms with Crippen molar-refractivity contribution in [1.29, 1.82) is 0 Å². The number of carboxylic acid groups (broad SMARTS) is 2. The van der Waals surface area contributed by atoms with E-state index in [2.05, 4.69) is 10.3 Å². The van der Waals surface area contributed by atoms with Crippen LogP contribution in [0.25, 0.3) is 21.5 Å². The number of nitrogens with zero attached hydrogens (tertiary/aromatic N) is 6. The minimum atomic E-state index is -3.86. The van der Waals surface area contributed by atoms with E-state index in [0.717, 1.165) is 11.3 Å². The fourth-order valence-corrected chi connectivity index (χ4v) is 13.0. The van der Waals surface area contributed by atoms with E-state index < -0.39 is 64.2 Å². The first kappa shape index (κ1) is 49.1. The van der Waals surface area contributed by atoms with Crippen LogP contribution >= 0.6 is 22.9 Å². The van der Waals surface area contributed by atoms with Gasteiger partial charge in [-0.25, -0.2) is 36.8 Å². The number of carbonyl (C=O) groups excluding carboxylic acids is 2. The van der Waals surface area contributed by atoms with E-state index in [9.17, 15) is 42.4 Å². The molecule has 0 bridgehead atoms. The van der Waals surface area contributed by atoms with Crippen LogP contribution in [0.4, 0.5) is 20.6 Å². The number of carboxylic acids is 2.